The number of guanidine groups is 1. The van der Waals surface area contributed by atoms with Crippen LogP contribution in [0.25, 0.3) is 0 Å². The summed E-state index contributed by atoms with van der Waals surface area (Å²) in [6, 6.07) is 11.0. The van der Waals surface area contributed by atoms with E-state index in [0.717, 1.165) is 70.9 Å². The highest BCUT2D eigenvalue weighted by atomic mass is 16.5. The lowest BCUT2D eigenvalue weighted by atomic mass is 9.90. The highest BCUT2D eigenvalue weighted by Gasteiger charge is 2.30. The first-order valence-corrected chi connectivity index (χ1v) is 12.6. The lowest BCUT2D eigenvalue weighted by molar-refractivity contribution is -0.0367. The smallest absolute Gasteiger partial charge is 0.193 e. The van der Waals surface area contributed by atoms with Crippen LogP contribution in [0.15, 0.2) is 35.3 Å². The summed E-state index contributed by atoms with van der Waals surface area (Å²) in [5, 5.41) is 7.59. The van der Waals surface area contributed by atoms with E-state index in [1.165, 1.54) is 12.0 Å². The summed E-state index contributed by atoms with van der Waals surface area (Å²) in [6.45, 7) is 11.3. The van der Waals surface area contributed by atoms with Crippen LogP contribution in [0.3, 0.4) is 0 Å². The molecular weight excluding hydrogens is 400 g/mol. The third-order valence-electron chi connectivity index (χ3n) is 7.26. The van der Waals surface area contributed by atoms with E-state index in [1.54, 1.807) is 0 Å². The van der Waals surface area contributed by atoms with Crippen molar-refractivity contribution in [2.75, 3.05) is 39.9 Å². The number of piperidine rings is 1. The van der Waals surface area contributed by atoms with Gasteiger partial charge in [-0.3, -0.25) is 4.99 Å². The van der Waals surface area contributed by atoms with E-state index in [2.05, 4.69) is 71.6 Å². The van der Waals surface area contributed by atoms with E-state index in [-0.39, 0.29) is 5.54 Å². The highest BCUT2D eigenvalue weighted by Crippen LogP contribution is 2.22. The van der Waals surface area contributed by atoms with Crippen molar-refractivity contribution in [2.24, 2.45) is 4.99 Å². The van der Waals surface area contributed by atoms with Crippen molar-refractivity contribution in [3.05, 3.63) is 35.9 Å². The zero-order chi connectivity index (χ0) is 22.8. The number of nitrogens with one attached hydrogen (secondary N) is 2. The molecule has 180 valence electrons. The third-order valence-corrected chi connectivity index (χ3v) is 7.26. The molecule has 0 aromatic heterocycles. The fourth-order valence-corrected chi connectivity index (χ4v) is 4.87. The lowest BCUT2D eigenvalue weighted by Gasteiger charge is -2.39. The van der Waals surface area contributed by atoms with E-state index < -0.39 is 0 Å². The molecule has 0 saturated carbocycles. The van der Waals surface area contributed by atoms with Crippen LogP contribution in [0.4, 0.5) is 0 Å². The molecule has 2 unspecified atom stereocenters. The quantitative estimate of drug-likeness (QED) is 0.420. The number of hydrogen-bond donors (Lipinski definition) is 2. The Bertz CT molecular complexity index is 678. The summed E-state index contributed by atoms with van der Waals surface area (Å²) in [5.41, 5.74) is 1.35. The topological polar surface area (TPSA) is 58.1 Å². The minimum absolute atomic E-state index is 0.0217. The summed E-state index contributed by atoms with van der Waals surface area (Å²) in [4.78, 5) is 6.98. The van der Waals surface area contributed by atoms with E-state index in [0.29, 0.717) is 18.2 Å². The number of ether oxygens (including phenoxy) is 2. The van der Waals surface area contributed by atoms with Gasteiger partial charge in [-0.15, -0.1) is 0 Å². The summed E-state index contributed by atoms with van der Waals surface area (Å²) in [5.74, 6) is 1.00. The minimum Gasteiger partial charge on any atom is -0.376 e. The van der Waals surface area contributed by atoms with Crippen LogP contribution in [0.1, 0.15) is 70.9 Å². The maximum atomic E-state index is 6.14. The Hall–Kier alpha value is -1.63. The van der Waals surface area contributed by atoms with Gasteiger partial charge in [0.1, 0.15) is 0 Å². The van der Waals surface area contributed by atoms with Crippen molar-refractivity contribution in [2.45, 2.75) is 83.1 Å². The summed E-state index contributed by atoms with van der Waals surface area (Å²) in [6.07, 6.45) is 7.17. The number of likely N-dealkylation sites (tertiary alicyclic amines) is 1. The third kappa shape index (κ3) is 6.93. The predicted octanol–water partition coefficient (Wildman–Crippen LogP) is 4.13. The van der Waals surface area contributed by atoms with Crippen molar-refractivity contribution in [1.29, 1.82) is 0 Å². The van der Waals surface area contributed by atoms with Gasteiger partial charge in [0.05, 0.1) is 18.8 Å². The van der Waals surface area contributed by atoms with Gasteiger partial charge in [-0.1, -0.05) is 44.2 Å². The second-order valence-corrected chi connectivity index (χ2v) is 9.32. The molecule has 2 saturated heterocycles. The Morgan fingerprint density at radius 1 is 1.19 bits per heavy atom. The van der Waals surface area contributed by atoms with Gasteiger partial charge < -0.3 is 25.0 Å². The molecule has 0 spiro atoms. The van der Waals surface area contributed by atoms with Crippen LogP contribution < -0.4 is 10.6 Å². The molecule has 1 aromatic rings. The van der Waals surface area contributed by atoms with E-state index >= 15 is 0 Å². The Labute approximate surface area is 195 Å². The van der Waals surface area contributed by atoms with Crippen molar-refractivity contribution in [3.63, 3.8) is 0 Å². The Morgan fingerprint density at radius 3 is 2.50 bits per heavy atom. The van der Waals surface area contributed by atoms with Gasteiger partial charge in [0.2, 0.25) is 0 Å². The molecule has 0 bridgehead atoms. The lowest BCUT2D eigenvalue weighted by Crippen LogP contribution is -2.56. The zero-order valence-electron chi connectivity index (χ0n) is 20.6. The van der Waals surface area contributed by atoms with Gasteiger partial charge in [0, 0.05) is 44.9 Å². The van der Waals surface area contributed by atoms with Gasteiger partial charge in [0.25, 0.3) is 0 Å². The summed E-state index contributed by atoms with van der Waals surface area (Å²) >= 11 is 0. The van der Waals surface area contributed by atoms with E-state index in [9.17, 15) is 0 Å². The van der Waals surface area contributed by atoms with Gasteiger partial charge in [-0.25, -0.2) is 0 Å². The number of hydrogen-bond acceptors (Lipinski definition) is 4. The van der Waals surface area contributed by atoms with E-state index in [4.69, 9.17) is 9.47 Å². The maximum Gasteiger partial charge on any atom is 0.193 e. The van der Waals surface area contributed by atoms with Crippen molar-refractivity contribution in [1.82, 2.24) is 15.5 Å². The minimum atomic E-state index is 0.0217. The average molecular weight is 445 g/mol. The van der Waals surface area contributed by atoms with Crippen LogP contribution >= 0.6 is 0 Å². The van der Waals surface area contributed by atoms with Gasteiger partial charge in [0.15, 0.2) is 5.96 Å². The van der Waals surface area contributed by atoms with Crippen LogP contribution in [0, 0.1) is 0 Å². The summed E-state index contributed by atoms with van der Waals surface area (Å²) in [7, 11) is 1.89. The first kappa shape index (κ1) is 25.0. The molecule has 0 aliphatic carbocycles. The second kappa shape index (κ2) is 12.6. The fourth-order valence-electron chi connectivity index (χ4n) is 4.87. The van der Waals surface area contributed by atoms with Gasteiger partial charge in [-0.05, 0) is 51.0 Å². The fraction of sp³-hybridized carbons (Fsp3) is 0.731. The van der Waals surface area contributed by atoms with Crippen molar-refractivity contribution >= 4 is 5.96 Å². The Kier molecular flexibility index (Phi) is 9.82. The van der Waals surface area contributed by atoms with Crippen molar-refractivity contribution in [3.8, 4) is 0 Å². The second-order valence-electron chi connectivity index (χ2n) is 9.32. The average Bonchev–Trinajstić information content (AvgIpc) is 3.37. The van der Waals surface area contributed by atoms with Crippen molar-refractivity contribution < 1.29 is 9.47 Å². The molecule has 6 heteroatoms. The van der Waals surface area contributed by atoms with E-state index in [1.807, 2.05) is 7.05 Å². The highest BCUT2D eigenvalue weighted by molar-refractivity contribution is 5.80. The maximum absolute atomic E-state index is 6.14. The molecule has 2 heterocycles. The molecule has 2 aliphatic heterocycles. The molecule has 1 aromatic carbocycles. The molecule has 0 radical (unpaired) electrons. The largest absolute Gasteiger partial charge is 0.376 e. The molecule has 2 N–H and O–H groups in total. The molecule has 2 fully saturated rings. The molecule has 2 aliphatic rings. The zero-order valence-corrected chi connectivity index (χ0v) is 20.6. The van der Waals surface area contributed by atoms with Crippen LogP contribution in [0.2, 0.25) is 0 Å². The predicted molar refractivity (Wildman–Crippen MR) is 132 cm³/mol. The molecule has 3 rings (SSSR count). The van der Waals surface area contributed by atoms with Gasteiger partial charge in [-0.2, -0.15) is 0 Å². The summed E-state index contributed by atoms with van der Waals surface area (Å²) < 4.78 is 11.8. The molecule has 32 heavy (non-hydrogen) atoms. The van der Waals surface area contributed by atoms with Crippen LogP contribution in [0.5, 0.6) is 0 Å². The standard InChI is InChI=1S/C26H44N4O2/c1-5-26(6-2,29-21(3)22-11-8-7-9-12-22)20-28-25(27-4)30-16-14-23(15-17-30)32-19-24-13-10-18-31-24/h7-9,11-12,21,23-24,29H,5-6,10,13-20H2,1-4H3,(H,27,28). The number of rotatable bonds is 10. The monoisotopic (exact) mass is 444 g/mol. The first-order valence-electron chi connectivity index (χ1n) is 12.6. The normalized spacial score (nSPS) is 21.7. The molecule has 2 atom stereocenters. The SMILES string of the molecule is CCC(CC)(CNC(=NC)N1CCC(OCC2CCCO2)CC1)NC(C)c1ccccc1. The number of benzene rings is 1. The Morgan fingerprint density at radius 2 is 1.91 bits per heavy atom. The molecule has 0 amide bonds. The van der Waals surface area contributed by atoms with Crippen LogP contribution in [-0.2, 0) is 9.47 Å². The van der Waals surface area contributed by atoms with Crippen LogP contribution in [-0.4, -0.2) is 68.5 Å². The van der Waals surface area contributed by atoms with Gasteiger partial charge >= 0.3 is 0 Å². The number of nitrogens with zero attached hydrogens (tertiary/aromatic N) is 2. The number of aliphatic imine (C=N–C) groups is 1. The first-order chi connectivity index (χ1) is 15.6. The molecule has 6 nitrogen and oxygen atoms in total. The Balaban J connectivity index is 1.48. The molecular formula is C26H44N4O2.